The van der Waals surface area contributed by atoms with Gasteiger partial charge in [-0.25, -0.2) is 0 Å². The van der Waals surface area contributed by atoms with Gasteiger partial charge in [0.15, 0.2) is 0 Å². The Hall–Kier alpha value is -0.210. The molecular weight excluding hydrogens is 336 g/mol. The summed E-state index contributed by atoms with van der Waals surface area (Å²) in [5.74, 6) is 3.35. The molecule has 2 saturated carbocycles. The van der Waals surface area contributed by atoms with Crippen LogP contribution in [0, 0.1) is 31.6 Å². The van der Waals surface area contributed by atoms with Crippen molar-refractivity contribution >= 4 is 27.5 Å². The van der Waals surface area contributed by atoms with E-state index in [1.165, 1.54) is 36.8 Å². The molecule has 0 N–H and O–H groups in total. The number of halogens is 2. The standard InChI is InChI=1S/C17H22BrClO/c1-9-6-14(18)10(2)15(17(9)20-3)16(19)13-8-11-4-5-12(13)7-11/h6,11-13,16H,4-5,7-8H2,1-3H3. The lowest BCUT2D eigenvalue weighted by Gasteiger charge is -2.29. The fourth-order valence-corrected chi connectivity index (χ4v) is 5.47. The van der Waals surface area contributed by atoms with Crippen LogP contribution in [0.4, 0.5) is 0 Å². The number of aryl methyl sites for hydroxylation is 1. The molecule has 20 heavy (non-hydrogen) atoms. The third-order valence-electron chi connectivity index (χ3n) is 5.36. The molecule has 3 heteroatoms. The van der Waals surface area contributed by atoms with Crippen LogP contribution in [0.5, 0.6) is 5.75 Å². The Morgan fingerprint density at radius 1 is 1.30 bits per heavy atom. The Balaban J connectivity index is 2.00. The lowest BCUT2D eigenvalue weighted by molar-refractivity contribution is 0.316. The zero-order valence-corrected chi connectivity index (χ0v) is 14.7. The number of hydrogen-bond donors (Lipinski definition) is 0. The van der Waals surface area contributed by atoms with Gasteiger partial charge in [0, 0.05) is 10.0 Å². The summed E-state index contributed by atoms with van der Waals surface area (Å²) in [4.78, 5) is 0. The SMILES string of the molecule is COc1c(C)cc(Br)c(C)c1C(Cl)C1CC2CCC1C2. The highest BCUT2D eigenvalue weighted by Crippen LogP contribution is 2.56. The van der Waals surface area contributed by atoms with Crippen LogP contribution in [0.3, 0.4) is 0 Å². The van der Waals surface area contributed by atoms with Gasteiger partial charge in [-0.1, -0.05) is 22.4 Å². The molecule has 0 heterocycles. The first kappa shape index (κ1) is 14.7. The number of hydrogen-bond acceptors (Lipinski definition) is 1. The molecule has 3 rings (SSSR count). The van der Waals surface area contributed by atoms with Crippen molar-refractivity contribution in [2.24, 2.45) is 17.8 Å². The van der Waals surface area contributed by atoms with Crippen molar-refractivity contribution in [3.63, 3.8) is 0 Å². The molecule has 2 aliphatic rings. The summed E-state index contributed by atoms with van der Waals surface area (Å²) in [5.41, 5.74) is 3.60. The fraction of sp³-hybridized carbons (Fsp3) is 0.647. The van der Waals surface area contributed by atoms with Gasteiger partial charge in [-0.05, 0) is 68.1 Å². The van der Waals surface area contributed by atoms with Crippen LogP contribution >= 0.6 is 27.5 Å². The van der Waals surface area contributed by atoms with Crippen molar-refractivity contribution < 1.29 is 4.74 Å². The van der Waals surface area contributed by atoms with E-state index in [0.717, 1.165) is 27.6 Å². The fourth-order valence-electron chi connectivity index (χ4n) is 4.34. The average Bonchev–Trinajstić information content (AvgIpc) is 3.04. The summed E-state index contributed by atoms with van der Waals surface area (Å²) < 4.78 is 6.81. The molecule has 0 aliphatic heterocycles. The summed E-state index contributed by atoms with van der Waals surface area (Å²) >= 11 is 10.6. The number of ether oxygens (including phenoxy) is 1. The maximum absolute atomic E-state index is 6.94. The molecule has 110 valence electrons. The Labute approximate surface area is 135 Å². The zero-order chi connectivity index (χ0) is 14.4. The third kappa shape index (κ3) is 2.29. The summed E-state index contributed by atoms with van der Waals surface area (Å²) in [6.45, 7) is 4.24. The highest BCUT2D eigenvalue weighted by molar-refractivity contribution is 9.10. The lowest BCUT2D eigenvalue weighted by Crippen LogP contribution is -2.17. The second-order valence-electron chi connectivity index (χ2n) is 6.49. The largest absolute Gasteiger partial charge is 0.496 e. The number of methoxy groups -OCH3 is 1. The predicted octanol–water partition coefficient (Wildman–Crippen LogP) is 5.79. The van der Waals surface area contributed by atoms with E-state index in [1.54, 1.807) is 7.11 Å². The van der Waals surface area contributed by atoms with E-state index in [4.69, 9.17) is 16.3 Å². The van der Waals surface area contributed by atoms with Crippen LogP contribution in [0.25, 0.3) is 0 Å². The highest BCUT2D eigenvalue weighted by Gasteiger charge is 2.44. The molecule has 1 aromatic rings. The first-order valence-corrected chi connectivity index (χ1v) is 8.73. The summed E-state index contributed by atoms with van der Waals surface area (Å²) in [5, 5.41) is 0.0800. The van der Waals surface area contributed by atoms with Crippen molar-refractivity contribution in [3.05, 3.63) is 27.2 Å². The van der Waals surface area contributed by atoms with Crippen LogP contribution in [-0.2, 0) is 0 Å². The molecule has 4 unspecified atom stereocenters. The molecule has 2 fully saturated rings. The lowest BCUT2D eigenvalue weighted by atomic mass is 9.82. The average molecular weight is 358 g/mol. The Bertz CT molecular complexity index is 528. The van der Waals surface area contributed by atoms with Gasteiger partial charge in [-0.15, -0.1) is 11.6 Å². The van der Waals surface area contributed by atoms with E-state index in [2.05, 4.69) is 35.8 Å². The molecule has 0 saturated heterocycles. The molecule has 0 radical (unpaired) electrons. The van der Waals surface area contributed by atoms with Gasteiger partial charge in [-0.3, -0.25) is 0 Å². The maximum Gasteiger partial charge on any atom is 0.126 e. The summed E-state index contributed by atoms with van der Waals surface area (Å²) in [6.07, 6.45) is 5.47. The molecule has 1 aromatic carbocycles. The van der Waals surface area contributed by atoms with Crippen molar-refractivity contribution in [1.82, 2.24) is 0 Å². The van der Waals surface area contributed by atoms with Crippen molar-refractivity contribution in [2.45, 2.75) is 44.9 Å². The Morgan fingerprint density at radius 2 is 2.05 bits per heavy atom. The van der Waals surface area contributed by atoms with Gasteiger partial charge in [0.25, 0.3) is 0 Å². The zero-order valence-electron chi connectivity index (χ0n) is 12.4. The predicted molar refractivity (Wildman–Crippen MR) is 87.7 cm³/mol. The van der Waals surface area contributed by atoms with Crippen molar-refractivity contribution in [1.29, 1.82) is 0 Å². The van der Waals surface area contributed by atoms with Crippen LogP contribution in [0.2, 0.25) is 0 Å². The number of alkyl halides is 1. The maximum atomic E-state index is 6.94. The third-order valence-corrected chi connectivity index (χ3v) is 6.72. The van der Waals surface area contributed by atoms with Crippen molar-refractivity contribution in [3.8, 4) is 5.75 Å². The smallest absolute Gasteiger partial charge is 0.126 e. The van der Waals surface area contributed by atoms with Crippen LogP contribution in [0.1, 0.15) is 47.8 Å². The van der Waals surface area contributed by atoms with Crippen molar-refractivity contribution in [2.75, 3.05) is 7.11 Å². The van der Waals surface area contributed by atoms with E-state index in [9.17, 15) is 0 Å². The van der Waals surface area contributed by atoms with Crippen LogP contribution in [-0.4, -0.2) is 7.11 Å². The molecule has 0 amide bonds. The van der Waals surface area contributed by atoms with Gasteiger partial charge in [-0.2, -0.15) is 0 Å². The normalized spacial score (nSPS) is 29.8. The minimum Gasteiger partial charge on any atom is -0.496 e. The van der Waals surface area contributed by atoms with E-state index in [-0.39, 0.29) is 5.38 Å². The Morgan fingerprint density at radius 3 is 2.60 bits per heavy atom. The monoisotopic (exact) mass is 356 g/mol. The van der Waals surface area contributed by atoms with Gasteiger partial charge in [0.2, 0.25) is 0 Å². The topological polar surface area (TPSA) is 9.23 Å². The van der Waals surface area contributed by atoms with Gasteiger partial charge in [0.1, 0.15) is 5.75 Å². The highest BCUT2D eigenvalue weighted by atomic mass is 79.9. The Kier molecular flexibility index (Phi) is 4.07. The van der Waals surface area contributed by atoms with Gasteiger partial charge < -0.3 is 4.74 Å². The quantitative estimate of drug-likeness (QED) is 0.622. The van der Waals surface area contributed by atoms with E-state index in [1.807, 2.05) is 0 Å². The molecular formula is C17H22BrClO. The first-order valence-electron chi connectivity index (χ1n) is 7.50. The second-order valence-corrected chi connectivity index (χ2v) is 7.81. The molecule has 0 spiro atoms. The number of fused-ring (bicyclic) bond motifs is 2. The molecule has 0 aromatic heterocycles. The van der Waals surface area contributed by atoms with E-state index < -0.39 is 0 Å². The summed E-state index contributed by atoms with van der Waals surface area (Å²) in [6, 6.07) is 2.13. The molecule has 2 aliphatic carbocycles. The minimum absolute atomic E-state index is 0.0800. The van der Waals surface area contributed by atoms with Crippen LogP contribution in [0.15, 0.2) is 10.5 Å². The van der Waals surface area contributed by atoms with E-state index >= 15 is 0 Å². The number of benzene rings is 1. The molecule has 2 bridgehead atoms. The van der Waals surface area contributed by atoms with Crippen LogP contribution < -0.4 is 4.74 Å². The van der Waals surface area contributed by atoms with E-state index in [0.29, 0.717) is 5.92 Å². The van der Waals surface area contributed by atoms with Gasteiger partial charge >= 0.3 is 0 Å². The minimum atomic E-state index is 0.0800. The number of rotatable bonds is 3. The second kappa shape index (κ2) is 5.53. The molecule has 1 nitrogen and oxygen atoms in total. The van der Waals surface area contributed by atoms with Gasteiger partial charge in [0.05, 0.1) is 12.5 Å². The molecule has 4 atom stereocenters. The first-order chi connectivity index (χ1) is 9.52. The summed E-state index contributed by atoms with van der Waals surface area (Å²) in [7, 11) is 1.75.